The Labute approximate surface area is 120 Å². The number of anilines is 2. The molecule has 0 saturated heterocycles. The third-order valence-corrected chi connectivity index (χ3v) is 3.93. The molecule has 1 heterocycles. The van der Waals surface area contributed by atoms with E-state index in [0.717, 1.165) is 6.42 Å². The van der Waals surface area contributed by atoms with Gasteiger partial charge >= 0.3 is 6.01 Å². The van der Waals surface area contributed by atoms with Crippen LogP contribution in [0.5, 0.6) is 6.01 Å². The summed E-state index contributed by atoms with van der Waals surface area (Å²) in [4.78, 5) is 14.8. The molecule has 20 heavy (non-hydrogen) atoms. The molecular weight excluding hydrogens is 254 g/mol. The summed E-state index contributed by atoms with van der Waals surface area (Å²) in [6, 6.07) is 0.786. The fourth-order valence-corrected chi connectivity index (χ4v) is 2.80. The van der Waals surface area contributed by atoms with E-state index in [4.69, 9.17) is 10.5 Å². The Bertz CT molecular complexity index is 440. The summed E-state index contributed by atoms with van der Waals surface area (Å²) in [5.74, 6) is 1.48. The topological polar surface area (TPSA) is 77.2 Å². The average molecular weight is 279 g/mol. The van der Waals surface area contributed by atoms with Gasteiger partial charge in [0.25, 0.3) is 0 Å². The van der Waals surface area contributed by atoms with Crippen molar-refractivity contribution >= 4 is 11.9 Å². The van der Waals surface area contributed by atoms with E-state index in [1.54, 1.807) is 0 Å². The second-order valence-electron chi connectivity index (χ2n) is 5.56. The number of rotatable bonds is 5. The Balaban J connectivity index is 2.15. The van der Waals surface area contributed by atoms with Crippen molar-refractivity contribution in [2.24, 2.45) is 5.92 Å². The van der Waals surface area contributed by atoms with Crippen molar-refractivity contribution in [1.29, 1.82) is 0 Å². The molecule has 1 fully saturated rings. The zero-order valence-corrected chi connectivity index (χ0v) is 12.7. The van der Waals surface area contributed by atoms with Crippen LogP contribution in [0.4, 0.5) is 11.9 Å². The summed E-state index contributed by atoms with van der Waals surface area (Å²) in [7, 11) is 2.03. The number of ether oxygens (including phenoxy) is 1. The Morgan fingerprint density at radius 3 is 2.70 bits per heavy atom. The van der Waals surface area contributed by atoms with Gasteiger partial charge in [0.05, 0.1) is 6.61 Å². The van der Waals surface area contributed by atoms with E-state index >= 15 is 0 Å². The number of nitrogens with zero attached hydrogens (tertiary/aromatic N) is 4. The van der Waals surface area contributed by atoms with Crippen LogP contribution in [0.2, 0.25) is 0 Å². The Kier molecular flexibility index (Phi) is 4.98. The van der Waals surface area contributed by atoms with Gasteiger partial charge in [0.1, 0.15) is 0 Å². The van der Waals surface area contributed by atoms with Crippen LogP contribution in [0, 0.1) is 5.92 Å². The first-order valence-corrected chi connectivity index (χ1v) is 7.49. The maximum absolute atomic E-state index is 5.76. The van der Waals surface area contributed by atoms with Crippen molar-refractivity contribution in [3.63, 3.8) is 0 Å². The largest absolute Gasteiger partial charge is 0.463 e. The molecule has 6 heteroatoms. The molecule has 1 aliphatic rings. The van der Waals surface area contributed by atoms with E-state index in [2.05, 4.69) is 26.8 Å². The molecule has 0 aliphatic heterocycles. The van der Waals surface area contributed by atoms with Crippen LogP contribution >= 0.6 is 0 Å². The first-order valence-electron chi connectivity index (χ1n) is 7.49. The molecule has 0 aromatic carbocycles. The van der Waals surface area contributed by atoms with Crippen LogP contribution in [-0.4, -0.2) is 34.6 Å². The molecule has 1 aromatic rings. The minimum atomic E-state index is 0.219. The minimum absolute atomic E-state index is 0.219. The molecule has 0 bridgehead atoms. The van der Waals surface area contributed by atoms with Gasteiger partial charge < -0.3 is 15.4 Å². The highest BCUT2D eigenvalue weighted by molar-refractivity contribution is 5.36. The molecule has 0 spiro atoms. The van der Waals surface area contributed by atoms with E-state index < -0.39 is 0 Å². The first kappa shape index (κ1) is 14.8. The number of nitrogens with two attached hydrogens (primary N) is 1. The highest BCUT2D eigenvalue weighted by atomic mass is 16.5. The predicted octanol–water partition coefficient (Wildman–Crippen LogP) is 2.26. The SMILES string of the molecule is CCCOc1nc(N)nc(N(C)C2CCCCC2C)n1. The lowest BCUT2D eigenvalue weighted by molar-refractivity contribution is 0.289. The summed E-state index contributed by atoms with van der Waals surface area (Å²) in [5, 5.41) is 0. The molecule has 2 unspecified atom stereocenters. The lowest BCUT2D eigenvalue weighted by Gasteiger charge is -2.36. The summed E-state index contributed by atoms with van der Waals surface area (Å²) in [6.07, 6.45) is 5.93. The summed E-state index contributed by atoms with van der Waals surface area (Å²) in [6.45, 7) is 4.92. The van der Waals surface area contributed by atoms with Crippen LogP contribution in [0.1, 0.15) is 46.0 Å². The second-order valence-corrected chi connectivity index (χ2v) is 5.56. The van der Waals surface area contributed by atoms with Crippen LogP contribution in [0.15, 0.2) is 0 Å². The van der Waals surface area contributed by atoms with Gasteiger partial charge in [-0.15, -0.1) is 0 Å². The van der Waals surface area contributed by atoms with Crippen molar-refractivity contribution in [2.45, 2.75) is 52.0 Å². The van der Waals surface area contributed by atoms with Gasteiger partial charge in [0.2, 0.25) is 11.9 Å². The van der Waals surface area contributed by atoms with Gasteiger partial charge in [-0.1, -0.05) is 26.7 Å². The molecule has 2 atom stereocenters. The molecule has 2 rings (SSSR count). The quantitative estimate of drug-likeness (QED) is 0.890. The second kappa shape index (κ2) is 6.72. The lowest BCUT2D eigenvalue weighted by atomic mass is 9.85. The van der Waals surface area contributed by atoms with E-state index in [1.807, 2.05) is 14.0 Å². The van der Waals surface area contributed by atoms with E-state index in [1.165, 1.54) is 25.7 Å². The molecular formula is C14H25N5O. The Hall–Kier alpha value is -1.59. The average Bonchev–Trinajstić information content (AvgIpc) is 2.44. The molecule has 6 nitrogen and oxygen atoms in total. The Morgan fingerprint density at radius 1 is 1.25 bits per heavy atom. The van der Waals surface area contributed by atoms with Crippen molar-refractivity contribution < 1.29 is 4.74 Å². The smallest absolute Gasteiger partial charge is 0.323 e. The molecule has 0 radical (unpaired) electrons. The molecule has 0 amide bonds. The lowest BCUT2D eigenvalue weighted by Crippen LogP contribution is -2.40. The van der Waals surface area contributed by atoms with E-state index in [-0.39, 0.29) is 5.95 Å². The Morgan fingerprint density at radius 2 is 2.00 bits per heavy atom. The van der Waals surface area contributed by atoms with Crippen molar-refractivity contribution in [3.8, 4) is 6.01 Å². The summed E-state index contributed by atoms with van der Waals surface area (Å²) < 4.78 is 5.47. The highest BCUT2D eigenvalue weighted by Gasteiger charge is 2.27. The summed E-state index contributed by atoms with van der Waals surface area (Å²) >= 11 is 0. The highest BCUT2D eigenvalue weighted by Crippen LogP contribution is 2.29. The monoisotopic (exact) mass is 279 g/mol. The standard InChI is InChI=1S/C14H25N5O/c1-4-9-20-14-17-12(15)16-13(18-14)19(3)11-8-6-5-7-10(11)2/h10-11H,4-9H2,1-3H3,(H2,15,16,17,18). The maximum Gasteiger partial charge on any atom is 0.323 e. The molecule has 1 saturated carbocycles. The number of hydrogen-bond donors (Lipinski definition) is 1. The van der Waals surface area contributed by atoms with Gasteiger partial charge in [0.15, 0.2) is 0 Å². The predicted molar refractivity (Wildman–Crippen MR) is 79.8 cm³/mol. The van der Waals surface area contributed by atoms with Gasteiger partial charge in [-0.05, 0) is 25.2 Å². The normalized spacial score (nSPS) is 22.6. The van der Waals surface area contributed by atoms with E-state index in [0.29, 0.717) is 30.5 Å². The van der Waals surface area contributed by atoms with Crippen molar-refractivity contribution in [1.82, 2.24) is 15.0 Å². The zero-order valence-electron chi connectivity index (χ0n) is 12.7. The summed E-state index contributed by atoms with van der Waals surface area (Å²) in [5.41, 5.74) is 5.76. The van der Waals surface area contributed by atoms with Crippen LogP contribution in [0.3, 0.4) is 0 Å². The van der Waals surface area contributed by atoms with Gasteiger partial charge in [0, 0.05) is 13.1 Å². The third-order valence-electron chi connectivity index (χ3n) is 3.93. The number of nitrogen functional groups attached to an aromatic ring is 1. The molecule has 2 N–H and O–H groups in total. The fourth-order valence-electron chi connectivity index (χ4n) is 2.80. The van der Waals surface area contributed by atoms with Crippen LogP contribution < -0.4 is 15.4 Å². The first-order chi connectivity index (χ1) is 9.61. The van der Waals surface area contributed by atoms with Crippen LogP contribution in [-0.2, 0) is 0 Å². The number of hydrogen-bond acceptors (Lipinski definition) is 6. The fraction of sp³-hybridized carbons (Fsp3) is 0.786. The van der Waals surface area contributed by atoms with E-state index in [9.17, 15) is 0 Å². The molecule has 1 aliphatic carbocycles. The van der Waals surface area contributed by atoms with Crippen molar-refractivity contribution in [2.75, 3.05) is 24.3 Å². The zero-order chi connectivity index (χ0) is 14.5. The van der Waals surface area contributed by atoms with Gasteiger partial charge in [-0.25, -0.2) is 0 Å². The van der Waals surface area contributed by atoms with Crippen LogP contribution in [0.25, 0.3) is 0 Å². The molecule has 112 valence electrons. The third kappa shape index (κ3) is 3.49. The maximum atomic E-state index is 5.76. The van der Waals surface area contributed by atoms with Gasteiger partial charge in [-0.2, -0.15) is 15.0 Å². The van der Waals surface area contributed by atoms with Gasteiger partial charge in [-0.3, -0.25) is 0 Å². The van der Waals surface area contributed by atoms with Crippen molar-refractivity contribution in [3.05, 3.63) is 0 Å². The minimum Gasteiger partial charge on any atom is -0.463 e. The molecule has 1 aromatic heterocycles. The number of aromatic nitrogens is 3.